The van der Waals surface area contributed by atoms with E-state index in [2.05, 4.69) is 5.32 Å². The quantitative estimate of drug-likeness (QED) is 0.130. The molecule has 10 atom stereocenters. The SMILES string of the molecule is C/C1=C(/C(C)(C)O)[C@@H](O)C(=O)[C@@]2(C)[C@H]([C@H](OC(=O)c3ccccc3)C[C@@H]1OC(=O)[C@H](O)[C@@H](NC(=O)OC(C)(C)C)c1ccccc1)[C@]1(O)CO[C@@H]1C[C@@H]2O. The van der Waals surface area contributed by atoms with Crippen LogP contribution in [-0.4, -0.2) is 109 Å². The minimum atomic E-state index is -2.09. The van der Waals surface area contributed by atoms with Gasteiger partial charge in [-0.3, -0.25) is 4.79 Å². The second kappa shape index (κ2) is 15.2. The van der Waals surface area contributed by atoms with E-state index in [0.717, 1.165) is 0 Å². The van der Waals surface area contributed by atoms with E-state index in [0.29, 0.717) is 5.56 Å². The van der Waals surface area contributed by atoms with E-state index in [-0.39, 0.29) is 29.7 Å². The third kappa shape index (κ3) is 7.95. The Morgan fingerprint density at radius 2 is 1.54 bits per heavy atom. The van der Waals surface area contributed by atoms with Crippen molar-refractivity contribution in [2.24, 2.45) is 11.3 Å². The molecule has 2 aliphatic carbocycles. The molecule has 2 aromatic carbocycles. The third-order valence-corrected chi connectivity index (χ3v) is 10.7. The Kier molecular flexibility index (Phi) is 11.5. The highest BCUT2D eigenvalue weighted by atomic mass is 16.6. The molecule has 0 bridgehead atoms. The lowest BCUT2D eigenvalue weighted by molar-refractivity contribution is -0.326. The predicted octanol–water partition coefficient (Wildman–Crippen LogP) is 2.69. The lowest BCUT2D eigenvalue weighted by Crippen LogP contribution is -2.76. The van der Waals surface area contributed by atoms with Crippen molar-refractivity contribution < 1.29 is 63.7 Å². The highest BCUT2D eigenvalue weighted by Gasteiger charge is 2.70. The van der Waals surface area contributed by atoms with Gasteiger partial charge in [-0.05, 0) is 77.3 Å². The van der Waals surface area contributed by atoms with Crippen LogP contribution in [0.15, 0.2) is 71.8 Å². The number of aliphatic hydroxyl groups is 5. The summed E-state index contributed by atoms with van der Waals surface area (Å²) in [4.78, 5) is 55.3. The van der Waals surface area contributed by atoms with Gasteiger partial charge in [0, 0.05) is 18.8 Å². The predicted molar refractivity (Wildman–Crippen MR) is 192 cm³/mol. The van der Waals surface area contributed by atoms with Crippen LogP contribution in [0.2, 0.25) is 0 Å². The molecule has 14 nitrogen and oxygen atoms in total. The van der Waals surface area contributed by atoms with Gasteiger partial charge in [-0.1, -0.05) is 48.5 Å². The number of amides is 1. The van der Waals surface area contributed by atoms with Gasteiger partial charge >= 0.3 is 18.0 Å². The fourth-order valence-corrected chi connectivity index (χ4v) is 8.11. The number of rotatable bonds is 8. The normalized spacial score (nSPS) is 32.6. The van der Waals surface area contributed by atoms with Crippen molar-refractivity contribution in [2.75, 3.05) is 6.61 Å². The Hall–Kier alpha value is -4.18. The Bertz CT molecular complexity index is 1750. The maximum absolute atomic E-state index is 14.6. The van der Waals surface area contributed by atoms with Gasteiger partial charge in [0.15, 0.2) is 11.9 Å². The first kappa shape index (κ1) is 41.0. The van der Waals surface area contributed by atoms with Crippen LogP contribution >= 0.6 is 0 Å². The van der Waals surface area contributed by atoms with E-state index < -0.39 is 101 Å². The molecule has 2 aromatic rings. The number of alkyl carbamates (subject to hydrolysis) is 1. The second-order valence-electron chi connectivity index (χ2n) is 16.2. The Morgan fingerprint density at radius 3 is 2.07 bits per heavy atom. The van der Waals surface area contributed by atoms with Gasteiger partial charge in [0.25, 0.3) is 0 Å². The standard InChI is InChI=1S/C40H51NO13/c1-21-24(52-35(47)31(44)29(22-14-10-8-11-15-22)41-36(48)54-37(2,3)4)18-25(53-34(46)23-16-12-9-13-17-23)32-39(7,26(42)19-27-40(32,50)20-51-27)33(45)30(43)28(21)38(5,6)49/h8-17,24-27,29-32,42-44,49-50H,18-20H2,1-7H3,(H,41,48)/b28-21-/t24-,25+,26-,27+,29-,30+,31+,32-,39+,40-/m0/s1. The number of fused-ring (bicyclic) bond motifs is 3. The van der Waals surface area contributed by atoms with E-state index >= 15 is 0 Å². The first-order chi connectivity index (χ1) is 25.1. The highest BCUT2D eigenvalue weighted by molar-refractivity contribution is 5.93. The van der Waals surface area contributed by atoms with Crippen molar-refractivity contribution in [1.29, 1.82) is 0 Å². The average Bonchev–Trinajstić information content (AvgIpc) is 3.11. The van der Waals surface area contributed by atoms with Gasteiger partial charge in [0.2, 0.25) is 0 Å². The molecule has 0 radical (unpaired) electrons. The van der Waals surface area contributed by atoms with Crippen molar-refractivity contribution in [3.63, 3.8) is 0 Å². The Morgan fingerprint density at radius 1 is 0.944 bits per heavy atom. The zero-order chi connectivity index (χ0) is 40.0. The molecule has 54 heavy (non-hydrogen) atoms. The van der Waals surface area contributed by atoms with Gasteiger partial charge < -0.3 is 49.8 Å². The van der Waals surface area contributed by atoms with Crippen molar-refractivity contribution in [2.45, 2.75) is 121 Å². The number of ether oxygens (including phenoxy) is 4. The van der Waals surface area contributed by atoms with E-state index in [1.54, 1.807) is 69.3 Å². The number of Topliss-reactive ketones (excluding diaryl/α,β-unsaturated/α-hetero) is 1. The number of ketones is 1. The number of benzene rings is 2. The molecule has 0 aromatic heterocycles. The van der Waals surface area contributed by atoms with Crippen LogP contribution in [0.5, 0.6) is 0 Å². The molecule has 14 heteroatoms. The molecule has 2 fully saturated rings. The van der Waals surface area contributed by atoms with E-state index in [1.807, 2.05) is 0 Å². The van der Waals surface area contributed by atoms with Crippen LogP contribution in [0.3, 0.4) is 0 Å². The average molecular weight is 754 g/mol. The second-order valence-corrected chi connectivity index (χ2v) is 16.2. The topological polar surface area (TPSA) is 218 Å². The van der Waals surface area contributed by atoms with Crippen molar-refractivity contribution in [3.05, 3.63) is 82.9 Å². The summed E-state index contributed by atoms with van der Waals surface area (Å²) in [6.07, 6.45) is -11.2. The fraction of sp³-hybridized carbons (Fsp3) is 0.550. The number of nitrogens with one attached hydrogen (secondary N) is 1. The van der Waals surface area contributed by atoms with Crippen LogP contribution < -0.4 is 5.32 Å². The van der Waals surface area contributed by atoms with Gasteiger partial charge in [-0.25, -0.2) is 14.4 Å². The lowest BCUT2D eigenvalue weighted by atomic mass is 9.52. The van der Waals surface area contributed by atoms with Crippen molar-refractivity contribution in [3.8, 4) is 0 Å². The summed E-state index contributed by atoms with van der Waals surface area (Å²) in [6.45, 7) is 10.1. The first-order valence-corrected chi connectivity index (χ1v) is 18.0. The van der Waals surface area contributed by atoms with Crippen LogP contribution in [0.25, 0.3) is 0 Å². The largest absolute Gasteiger partial charge is 0.458 e. The minimum Gasteiger partial charge on any atom is -0.458 e. The maximum Gasteiger partial charge on any atom is 0.408 e. The molecule has 0 spiro atoms. The van der Waals surface area contributed by atoms with Gasteiger partial charge in [0.1, 0.15) is 29.5 Å². The summed E-state index contributed by atoms with van der Waals surface area (Å²) in [6, 6.07) is 14.7. The molecule has 294 valence electrons. The van der Waals surface area contributed by atoms with Crippen LogP contribution in [-0.2, 0) is 28.5 Å². The molecule has 3 aliphatic rings. The monoisotopic (exact) mass is 753 g/mol. The summed E-state index contributed by atoms with van der Waals surface area (Å²) >= 11 is 0. The van der Waals surface area contributed by atoms with Gasteiger partial charge in [-0.2, -0.15) is 0 Å². The third-order valence-electron chi connectivity index (χ3n) is 10.7. The molecular weight excluding hydrogens is 702 g/mol. The summed E-state index contributed by atoms with van der Waals surface area (Å²) in [5.41, 5.74) is -6.47. The number of hydrogen-bond donors (Lipinski definition) is 6. The number of carbonyl (C=O) groups excluding carboxylic acids is 4. The van der Waals surface area contributed by atoms with Crippen molar-refractivity contribution >= 4 is 23.8 Å². The number of esters is 2. The highest BCUT2D eigenvalue weighted by Crippen LogP contribution is 2.56. The summed E-state index contributed by atoms with van der Waals surface area (Å²) in [7, 11) is 0. The number of aliphatic hydroxyl groups excluding tert-OH is 3. The zero-order valence-corrected chi connectivity index (χ0v) is 31.5. The lowest BCUT2D eigenvalue weighted by Gasteiger charge is -2.62. The molecule has 1 amide bonds. The van der Waals surface area contributed by atoms with E-state index in [9.17, 15) is 44.7 Å². The molecule has 1 saturated carbocycles. The molecule has 1 saturated heterocycles. The minimum absolute atomic E-state index is 0.00819. The van der Waals surface area contributed by atoms with Crippen LogP contribution in [0, 0.1) is 11.3 Å². The summed E-state index contributed by atoms with van der Waals surface area (Å²) in [5, 5.41) is 61.1. The summed E-state index contributed by atoms with van der Waals surface area (Å²) < 4.78 is 23.1. The Balaban J connectivity index is 1.62. The van der Waals surface area contributed by atoms with Gasteiger partial charge in [0.05, 0.1) is 41.4 Å². The van der Waals surface area contributed by atoms with Crippen LogP contribution in [0.4, 0.5) is 4.79 Å². The number of hydrogen-bond acceptors (Lipinski definition) is 13. The fourth-order valence-electron chi connectivity index (χ4n) is 8.11. The smallest absolute Gasteiger partial charge is 0.408 e. The maximum atomic E-state index is 14.6. The van der Waals surface area contributed by atoms with E-state index in [1.165, 1.54) is 39.8 Å². The molecule has 6 N–H and O–H groups in total. The number of carbonyl (C=O) groups is 4. The van der Waals surface area contributed by atoms with Crippen LogP contribution in [0.1, 0.15) is 83.3 Å². The molecule has 5 rings (SSSR count). The molecular formula is C40H51NO13. The van der Waals surface area contributed by atoms with Crippen molar-refractivity contribution in [1.82, 2.24) is 5.32 Å². The Labute approximate surface area is 314 Å². The summed E-state index contributed by atoms with van der Waals surface area (Å²) in [5.74, 6) is -4.50. The van der Waals surface area contributed by atoms with E-state index in [4.69, 9.17) is 18.9 Å². The molecule has 0 unspecified atom stereocenters. The molecule has 1 aliphatic heterocycles. The van der Waals surface area contributed by atoms with Gasteiger partial charge in [-0.15, -0.1) is 0 Å². The first-order valence-electron chi connectivity index (χ1n) is 18.0. The zero-order valence-electron chi connectivity index (χ0n) is 31.5. The molecule has 1 heterocycles.